The van der Waals surface area contributed by atoms with Crippen molar-refractivity contribution in [3.8, 4) is 0 Å². The van der Waals surface area contributed by atoms with Crippen molar-refractivity contribution in [2.75, 3.05) is 0 Å². The SMILES string of the molecule is CC(=O)Cc1c[nH]c2ccc(Br)cc2c1=O. The lowest BCUT2D eigenvalue weighted by Crippen LogP contribution is -2.13. The number of fused-ring (bicyclic) bond motifs is 1. The number of Topliss-reactive ketones (excluding diaryl/α,β-unsaturated/α-hetero) is 1. The Morgan fingerprint density at radius 3 is 2.88 bits per heavy atom. The first kappa shape index (κ1) is 11.1. The Bertz CT molecular complexity index is 616. The van der Waals surface area contributed by atoms with E-state index in [0.29, 0.717) is 10.9 Å². The number of ketones is 1. The minimum absolute atomic E-state index is 0.0140. The highest BCUT2D eigenvalue weighted by Gasteiger charge is 2.07. The van der Waals surface area contributed by atoms with Crippen molar-refractivity contribution in [2.45, 2.75) is 13.3 Å². The molecule has 0 aliphatic heterocycles. The predicted molar refractivity (Wildman–Crippen MR) is 66.7 cm³/mol. The maximum Gasteiger partial charge on any atom is 0.193 e. The van der Waals surface area contributed by atoms with Crippen LogP contribution in [0.5, 0.6) is 0 Å². The molecule has 2 rings (SSSR count). The Kier molecular flexibility index (Phi) is 2.92. The standard InChI is InChI=1S/C12H10BrNO2/c1-7(15)4-8-6-14-11-3-2-9(13)5-10(11)12(8)16/h2-3,5-6H,4H2,1H3,(H,14,16). The largest absolute Gasteiger partial charge is 0.361 e. The van der Waals surface area contributed by atoms with Gasteiger partial charge in [0.15, 0.2) is 5.43 Å². The van der Waals surface area contributed by atoms with Crippen molar-refractivity contribution < 1.29 is 4.79 Å². The smallest absolute Gasteiger partial charge is 0.193 e. The lowest BCUT2D eigenvalue weighted by atomic mass is 10.1. The van der Waals surface area contributed by atoms with E-state index in [2.05, 4.69) is 20.9 Å². The van der Waals surface area contributed by atoms with Crippen LogP contribution in [0, 0.1) is 0 Å². The number of halogens is 1. The monoisotopic (exact) mass is 279 g/mol. The number of pyridine rings is 1. The molecule has 82 valence electrons. The van der Waals surface area contributed by atoms with Gasteiger partial charge in [0.2, 0.25) is 0 Å². The van der Waals surface area contributed by atoms with E-state index in [-0.39, 0.29) is 17.6 Å². The molecule has 0 amide bonds. The molecule has 2 aromatic rings. The molecule has 1 N–H and O–H groups in total. The third kappa shape index (κ3) is 2.07. The molecule has 1 heterocycles. The molecule has 3 nitrogen and oxygen atoms in total. The van der Waals surface area contributed by atoms with Gasteiger partial charge in [-0.1, -0.05) is 15.9 Å². The lowest BCUT2D eigenvalue weighted by molar-refractivity contribution is -0.116. The van der Waals surface area contributed by atoms with Gasteiger partial charge in [-0.2, -0.15) is 0 Å². The third-order valence-corrected chi connectivity index (χ3v) is 2.85. The van der Waals surface area contributed by atoms with Crippen LogP contribution >= 0.6 is 15.9 Å². The van der Waals surface area contributed by atoms with E-state index in [1.54, 1.807) is 12.3 Å². The van der Waals surface area contributed by atoms with E-state index in [9.17, 15) is 9.59 Å². The van der Waals surface area contributed by atoms with Gasteiger partial charge in [-0.05, 0) is 25.1 Å². The number of hydrogen-bond donors (Lipinski definition) is 1. The fourth-order valence-electron chi connectivity index (χ4n) is 1.63. The molecule has 0 spiro atoms. The number of nitrogens with one attached hydrogen (secondary N) is 1. The van der Waals surface area contributed by atoms with Crippen LogP contribution in [0.4, 0.5) is 0 Å². The van der Waals surface area contributed by atoms with Crippen LogP contribution in [0.15, 0.2) is 33.7 Å². The summed E-state index contributed by atoms with van der Waals surface area (Å²) < 4.78 is 0.852. The van der Waals surface area contributed by atoms with Gasteiger partial charge >= 0.3 is 0 Å². The molecule has 1 aromatic heterocycles. The van der Waals surface area contributed by atoms with Crippen LogP contribution in [0.25, 0.3) is 10.9 Å². The molecule has 0 bridgehead atoms. The summed E-state index contributed by atoms with van der Waals surface area (Å²) in [5.74, 6) is -0.0140. The fourth-order valence-corrected chi connectivity index (χ4v) is 1.99. The van der Waals surface area contributed by atoms with Crippen LogP contribution in [-0.2, 0) is 11.2 Å². The third-order valence-electron chi connectivity index (χ3n) is 2.36. The zero-order chi connectivity index (χ0) is 11.7. The molecule has 4 heteroatoms. The Morgan fingerprint density at radius 2 is 2.19 bits per heavy atom. The molecule has 0 saturated carbocycles. The minimum Gasteiger partial charge on any atom is -0.361 e. The minimum atomic E-state index is -0.0785. The van der Waals surface area contributed by atoms with Crippen molar-refractivity contribution in [2.24, 2.45) is 0 Å². The molecule has 0 atom stereocenters. The number of benzene rings is 1. The Labute approximate surface area is 101 Å². The van der Waals surface area contributed by atoms with Crippen molar-refractivity contribution in [1.82, 2.24) is 4.98 Å². The number of carbonyl (C=O) groups excluding carboxylic acids is 1. The molecule has 0 radical (unpaired) electrons. The summed E-state index contributed by atoms with van der Waals surface area (Å²) >= 11 is 3.32. The zero-order valence-electron chi connectivity index (χ0n) is 8.71. The van der Waals surface area contributed by atoms with Gasteiger partial charge < -0.3 is 4.98 Å². The van der Waals surface area contributed by atoms with E-state index in [1.165, 1.54) is 6.92 Å². The van der Waals surface area contributed by atoms with Gasteiger partial charge in [-0.3, -0.25) is 9.59 Å². The van der Waals surface area contributed by atoms with E-state index in [0.717, 1.165) is 9.99 Å². The Hall–Kier alpha value is -1.42. The number of aromatic nitrogens is 1. The molecular weight excluding hydrogens is 270 g/mol. The van der Waals surface area contributed by atoms with E-state index in [1.807, 2.05) is 12.1 Å². The van der Waals surface area contributed by atoms with E-state index < -0.39 is 0 Å². The molecule has 0 aliphatic rings. The van der Waals surface area contributed by atoms with Crippen LogP contribution in [0.1, 0.15) is 12.5 Å². The average molecular weight is 280 g/mol. The first-order valence-corrected chi connectivity index (χ1v) is 5.66. The van der Waals surface area contributed by atoms with Gasteiger partial charge in [-0.25, -0.2) is 0 Å². The topological polar surface area (TPSA) is 49.9 Å². The molecule has 0 fully saturated rings. The first-order chi connectivity index (χ1) is 7.58. The maximum absolute atomic E-state index is 12.0. The molecule has 1 aromatic carbocycles. The molecule has 0 saturated heterocycles. The summed E-state index contributed by atoms with van der Waals surface area (Å²) in [7, 11) is 0. The summed E-state index contributed by atoms with van der Waals surface area (Å²) in [5.41, 5.74) is 1.21. The van der Waals surface area contributed by atoms with Crippen molar-refractivity contribution in [1.29, 1.82) is 0 Å². The van der Waals surface area contributed by atoms with Gasteiger partial charge in [0.25, 0.3) is 0 Å². The number of rotatable bonds is 2. The number of H-pyrrole nitrogens is 1. The van der Waals surface area contributed by atoms with Gasteiger partial charge in [0, 0.05) is 33.6 Å². The number of aromatic amines is 1. The van der Waals surface area contributed by atoms with Crippen LogP contribution in [-0.4, -0.2) is 10.8 Å². The second-order valence-electron chi connectivity index (χ2n) is 3.71. The van der Waals surface area contributed by atoms with Crippen LogP contribution < -0.4 is 5.43 Å². The summed E-state index contributed by atoms with van der Waals surface area (Å²) in [6, 6.07) is 5.46. The molecule has 16 heavy (non-hydrogen) atoms. The molecule has 0 aliphatic carbocycles. The van der Waals surface area contributed by atoms with Gasteiger partial charge in [0.05, 0.1) is 0 Å². The highest BCUT2D eigenvalue weighted by Crippen LogP contribution is 2.15. The fraction of sp³-hybridized carbons (Fsp3) is 0.167. The molecule has 0 unspecified atom stereocenters. The normalized spacial score (nSPS) is 10.6. The van der Waals surface area contributed by atoms with E-state index in [4.69, 9.17) is 0 Å². The van der Waals surface area contributed by atoms with Gasteiger partial charge in [0.1, 0.15) is 5.78 Å². The first-order valence-electron chi connectivity index (χ1n) is 4.87. The highest BCUT2D eigenvalue weighted by atomic mass is 79.9. The van der Waals surface area contributed by atoms with Crippen LogP contribution in [0.3, 0.4) is 0 Å². The van der Waals surface area contributed by atoms with Crippen molar-refractivity contribution in [3.63, 3.8) is 0 Å². The summed E-state index contributed by atoms with van der Waals surface area (Å²) in [6.45, 7) is 1.48. The van der Waals surface area contributed by atoms with Crippen molar-refractivity contribution >= 4 is 32.6 Å². The Balaban J connectivity index is 2.68. The second kappa shape index (κ2) is 4.22. The van der Waals surface area contributed by atoms with Crippen LogP contribution in [0.2, 0.25) is 0 Å². The quantitative estimate of drug-likeness (QED) is 0.918. The predicted octanol–water partition coefficient (Wildman–Crippen LogP) is 2.42. The van der Waals surface area contributed by atoms with Gasteiger partial charge in [-0.15, -0.1) is 0 Å². The summed E-state index contributed by atoms with van der Waals surface area (Å²) in [4.78, 5) is 26.0. The second-order valence-corrected chi connectivity index (χ2v) is 4.63. The maximum atomic E-state index is 12.0. The zero-order valence-corrected chi connectivity index (χ0v) is 10.3. The van der Waals surface area contributed by atoms with Crippen molar-refractivity contribution in [3.05, 3.63) is 44.7 Å². The summed E-state index contributed by atoms with van der Waals surface area (Å²) in [5, 5.41) is 0.605. The molecular formula is C12H10BrNO2. The highest BCUT2D eigenvalue weighted by molar-refractivity contribution is 9.10. The average Bonchev–Trinajstić information content (AvgIpc) is 2.22. The lowest BCUT2D eigenvalue weighted by Gasteiger charge is -2.02. The Morgan fingerprint density at radius 1 is 1.44 bits per heavy atom. The summed E-state index contributed by atoms with van der Waals surface area (Å²) in [6.07, 6.45) is 1.79. The number of carbonyl (C=O) groups is 1. The van der Waals surface area contributed by atoms with E-state index >= 15 is 0 Å². The number of hydrogen-bond acceptors (Lipinski definition) is 2.